The molecule has 0 saturated heterocycles. The zero-order valence-electron chi connectivity index (χ0n) is 7.26. The number of carboxylic acids is 1. The third-order valence-electron chi connectivity index (χ3n) is 1.71. The Morgan fingerprint density at radius 3 is 2.54 bits per heavy atom. The maximum atomic E-state index is 10.7. The van der Waals surface area contributed by atoms with E-state index in [2.05, 4.69) is 0 Å². The van der Waals surface area contributed by atoms with Crippen molar-refractivity contribution in [2.45, 2.75) is 6.92 Å². The van der Waals surface area contributed by atoms with E-state index < -0.39 is 5.97 Å². The van der Waals surface area contributed by atoms with Crippen LogP contribution in [0.2, 0.25) is 5.02 Å². The summed E-state index contributed by atoms with van der Waals surface area (Å²) in [4.78, 5) is 10.7. The van der Waals surface area contributed by atoms with Gasteiger partial charge in [0.25, 0.3) is 0 Å². The van der Waals surface area contributed by atoms with Crippen molar-refractivity contribution in [3.05, 3.63) is 28.3 Å². The van der Waals surface area contributed by atoms with Gasteiger partial charge < -0.3 is 14.6 Å². The van der Waals surface area contributed by atoms with Crippen molar-refractivity contribution in [2.24, 2.45) is 0 Å². The van der Waals surface area contributed by atoms with Gasteiger partial charge in [0.05, 0.1) is 23.7 Å². The van der Waals surface area contributed by atoms with Crippen molar-refractivity contribution in [2.75, 3.05) is 7.11 Å². The van der Waals surface area contributed by atoms with Gasteiger partial charge in [-0.2, -0.15) is 0 Å². The van der Waals surface area contributed by atoms with E-state index in [1.807, 2.05) is 0 Å². The molecule has 1 rings (SSSR count). The molecule has 0 radical (unpaired) electrons. The van der Waals surface area contributed by atoms with E-state index in [-0.39, 0.29) is 16.3 Å². The van der Waals surface area contributed by atoms with Crippen molar-refractivity contribution in [3.8, 4) is 5.75 Å². The number of hydrogen-bond donors (Lipinski definition) is 0. The highest BCUT2D eigenvalue weighted by Crippen LogP contribution is 2.29. The van der Waals surface area contributed by atoms with Crippen LogP contribution in [0, 0.1) is 6.92 Å². The molecule has 0 spiro atoms. The molecule has 0 aromatic heterocycles. The lowest BCUT2D eigenvalue weighted by Gasteiger charge is -2.13. The molecule has 0 unspecified atom stereocenters. The average Bonchev–Trinajstić information content (AvgIpc) is 2.07. The number of benzene rings is 1. The second kappa shape index (κ2) is 3.66. The second-order valence-electron chi connectivity index (χ2n) is 2.56. The van der Waals surface area contributed by atoms with Crippen LogP contribution in [0.25, 0.3) is 0 Å². The molecule has 0 N–H and O–H groups in total. The Morgan fingerprint density at radius 1 is 1.54 bits per heavy atom. The van der Waals surface area contributed by atoms with Gasteiger partial charge in [0.1, 0.15) is 5.75 Å². The van der Waals surface area contributed by atoms with E-state index in [1.54, 1.807) is 13.0 Å². The van der Waals surface area contributed by atoms with E-state index in [9.17, 15) is 9.90 Å². The number of hydrogen-bond acceptors (Lipinski definition) is 3. The lowest BCUT2D eigenvalue weighted by atomic mass is 10.1. The van der Waals surface area contributed by atoms with Crippen LogP contribution >= 0.6 is 11.6 Å². The summed E-state index contributed by atoms with van der Waals surface area (Å²) in [6.07, 6.45) is 0. The number of halogens is 1. The highest BCUT2D eigenvalue weighted by Gasteiger charge is 2.10. The molecule has 3 nitrogen and oxygen atoms in total. The summed E-state index contributed by atoms with van der Waals surface area (Å²) < 4.78 is 4.91. The Hall–Kier alpha value is -1.22. The van der Waals surface area contributed by atoms with Crippen LogP contribution in [-0.4, -0.2) is 13.1 Å². The van der Waals surface area contributed by atoms with E-state index in [0.29, 0.717) is 5.56 Å². The zero-order valence-corrected chi connectivity index (χ0v) is 8.01. The average molecular weight is 200 g/mol. The third-order valence-corrected chi connectivity index (χ3v) is 2.03. The molecule has 70 valence electrons. The Labute approximate surface area is 80.9 Å². The van der Waals surface area contributed by atoms with Crippen molar-refractivity contribution < 1.29 is 14.6 Å². The maximum Gasteiger partial charge on any atom is 0.132 e. The number of ether oxygens (including phenoxy) is 1. The number of carboxylic acid groups (broad SMARTS) is 1. The van der Waals surface area contributed by atoms with Crippen molar-refractivity contribution >= 4 is 17.6 Å². The lowest BCUT2D eigenvalue weighted by Crippen LogP contribution is -2.23. The van der Waals surface area contributed by atoms with Gasteiger partial charge in [-0.3, -0.25) is 0 Å². The molecule has 0 amide bonds. The van der Waals surface area contributed by atoms with Gasteiger partial charge in [-0.15, -0.1) is 0 Å². The summed E-state index contributed by atoms with van der Waals surface area (Å²) in [5.41, 5.74) is 0.621. The van der Waals surface area contributed by atoms with Crippen LogP contribution in [0.3, 0.4) is 0 Å². The Balaban J connectivity index is 3.43. The fraction of sp³-hybridized carbons (Fsp3) is 0.222. The van der Waals surface area contributed by atoms with E-state index in [1.165, 1.54) is 13.2 Å². The molecule has 0 saturated carbocycles. The molecular formula is C9H8ClO3-. The van der Waals surface area contributed by atoms with Crippen LogP contribution in [0.1, 0.15) is 15.9 Å². The zero-order chi connectivity index (χ0) is 10.0. The lowest BCUT2D eigenvalue weighted by molar-refractivity contribution is -0.255. The predicted octanol–water partition coefficient (Wildman–Crippen LogP) is 1.02. The molecule has 0 bridgehead atoms. The molecule has 1 aromatic rings. The first kappa shape index (κ1) is 9.86. The highest BCUT2D eigenvalue weighted by molar-refractivity contribution is 6.33. The third kappa shape index (κ3) is 1.75. The molecule has 0 fully saturated rings. The minimum absolute atomic E-state index is 0.0934. The normalized spacial score (nSPS) is 9.77. The highest BCUT2D eigenvalue weighted by atomic mass is 35.5. The number of aromatic carboxylic acids is 1. The summed E-state index contributed by atoms with van der Waals surface area (Å²) in [6.45, 7) is 1.74. The Bertz CT molecular complexity index is 347. The number of methoxy groups -OCH3 is 1. The second-order valence-corrected chi connectivity index (χ2v) is 2.97. The van der Waals surface area contributed by atoms with Gasteiger partial charge in [-0.05, 0) is 18.6 Å². The molecule has 0 atom stereocenters. The van der Waals surface area contributed by atoms with Gasteiger partial charge >= 0.3 is 0 Å². The van der Waals surface area contributed by atoms with Gasteiger partial charge in [0.15, 0.2) is 0 Å². The molecule has 0 aliphatic carbocycles. The maximum absolute atomic E-state index is 10.7. The molecule has 0 aliphatic rings. The van der Waals surface area contributed by atoms with Gasteiger partial charge in [-0.1, -0.05) is 17.7 Å². The Kier molecular flexibility index (Phi) is 2.78. The standard InChI is InChI=1S/C9H9ClO3/c1-5-3-4-6(10)7(9(11)12)8(5)13-2/h3-4H,1-2H3,(H,11,12)/p-1. The van der Waals surface area contributed by atoms with Crippen LogP contribution in [0.15, 0.2) is 12.1 Å². The van der Waals surface area contributed by atoms with Gasteiger partial charge in [0, 0.05) is 0 Å². The van der Waals surface area contributed by atoms with Crippen molar-refractivity contribution in [1.82, 2.24) is 0 Å². The van der Waals surface area contributed by atoms with Crippen LogP contribution in [0.5, 0.6) is 5.75 Å². The van der Waals surface area contributed by atoms with E-state index in [4.69, 9.17) is 16.3 Å². The number of carbonyl (C=O) groups is 1. The van der Waals surface area contributed by atoms with Crippen molar-refractivity contribution in [3.63, 3.8) is 0 Å². The summed E-state index contributed by atoms with van der Waals surface area (Å²) in [6, 6.07) is 3.19. The van der Waals surface area contributed by atoms with Gasteiger partial charge in [-0.25, -0.2) is 0 Å². The molecular weight excluding hydrogens is 192 g/mol. The van der Waals surface area contributed by atoms with Crippen LogP contribution < -0.4 is 9.84 Å². The fourth-order valence-electron chi connectivity index (χ4n) is 1.12. The first-order valence-corrected chi connectivity index (χ1v) is 4.00. The fourth-order valence-corrected chi connectivity index (χ4v) is 1.34. The van der Waals surface area contributed by atoms with E-state index >= 15 is 0 Å². The molecule has 0 heterocycles. The number of rotatable bonds is 2. The van der Waals surface area contributed by atoms with Gasteiger partial charge in [0.2, 0.25) is 0 Å². The first-order chi connectivity index (χ1) is 6.07. The predicted molar refractivity (Wildman–Crippen MR) is 47.1 cm³/mol. The summed E-state index contributed by atoms with van der Waals surface area (Å²) in [5, 5.41) is 10.8. The number of carbonyl (C=O) groups excluding carboxylic acids is 1. The summed E-state index contributed by atoms with van der Waals surface area (Å²) in [7, 11) is 1.39. The quantitative estimate of drug-likeness (QED) is 0.715. The number of aryl methyl sites for hydroxylation is 1. The first-order valence-electron chi connectivity index (χ1n) is 3.62. The largest absolute Gasteiger partial charge is 0.545 e. The minimum Gasteiger partial charge on any atom is -0.545 e. The topological polar surface area (TPSA) is 49.4 Å². The SMILES string of the molecule is COc1c(C)ccc(Cl)c1C(=O)[O-]. The Morgan fingerprint density at radius 2 is 2.15 bits per heavy atom. The summed E-state index contributed by atoms with van der Waals surface area (Å²) >= 11 is 5.67. The molecule has 13 heavy (non-hydrogen) atoms. The van der Waals surface area contributed by atoms with Crippen molar-refractivity contribution in [1.29, 1.82) is 0 Å². The molecule has 1 aromatic carbocycles. The smallest absolute Gasteiger partial charge is 0.132 e. The monoisotopic (exact) mass is 199 g/mol. The van der Waals surface area contributed by atoms with Crippen LogP contribution in [0.4, 0.5) is 0 Å². The van der Waals surface area contributed by atoms with E-state index in [0.717, 1.165) is 0 Å². The molecule has 0 aliphatic heterocycles. The molecule has 4 heteroatoms. The summed E-state index contributed by atoms with van der Waals surface area (Å²) in [5.74, 6) is -1.07. The minimum atomic E-state index is -1.33. The van der Waals surface area contributed by atoms with Crippen LogP contribution in [-0.2, 0) is 0 Å².